The van der Waals surface area contributed by atoms with Gasteiger partial charge in [-0.25, -0.2) is 0 Å². The van der Waals surface area contributed by atoms with Gasteiger partial charge in [-0.2, -0.15) is 0 Å². The summed E-state index contributed by atoms with van der Waals surface area (Å²) in [4.78, 5) is 15.6. The number of ether oxygens (including phenoxy) is 1. The van der Waals surface area contributed by atoms with E-state index >= 15 is 0 Å². The molecule has 0 bridgehead atoms. The van der Waals surface area contributed by atoms with Gasteiger partial charge in [-0.3, -0.25) is 9.78 Å². The molecule has 0 radical (unpaired) electrons. The Balaban J connectivity index is 2.18. The van der Waals surface area contributed by atoms with Crippen molar-refractivity contribution < 1.29 is 9.53 Å². The summed E-state index contributed by atoms with van der Waals surface area (Å²) in [5.41, 5.74) is 1.10. The molecule has 0 spiro atoms. The van der Waals surface area contributed by atoms with E-state index in [0.29, 0.717) is 6.54 Å². The van der Waals surface area contributed by atoms with Crippen LogP contribution in [0.15, 0.2) is 24.5 Å². The summed E-state index contributed by atoms with van der Waals surface area (Å²) in [7, 11) is 1.43. The normalized spacial score (nSPS) is 25.1. The third kappa shape index (κ3) is 1.99. The number of pyridine rings is 1. The maximum atomic E-state index is 11.5. The zero-order valence-electron chi connectivity index (χ0n) is 8.64. The lowest BCUT2D eigenvalue weighted by Gasteiger charge is -2.15. The Labute approximate surface area is 88.7 Å². The molecule has 0 unspecified atom stereocenters. The molecule has 0 amide bonds. The Bertz CT molecular complexity index is 340. The molecule has 80 valence electrons. The van der Waals surface area contributed by atoms with Crippen LogP contribution in [-0.2, 0) is 9.53 Å². The minimum atomic E-state index is -0.145. The number of carbonyl (C=O) groups is 1. The number of methoxy groups -OCH3 is 1. The zero-order valence-corrected chi connectivity index (χ0v) is 8.64. The average Bonchev–Trinajstić information content (AvgIpc) is 2.78. The summed E-state index contributed by atoms with van der Waals surface area (Å²) < 4.78 is 4.79. The van der Waals surface area contributed by atoms with Crippen molar-refractivity contribution in [2.75, 3.05) is 20.2 Å². The number of aromatic nitrogens is 1. The van der Waals surface area contributed by atoms with Crippen LogP contribution in [0.2, 0.25) is 0 Å². The summed E-state index contributed by atoms with van der Waals surface area (Å²) in [5.74, 6) is -0.0424. The number of hydrogen-bond donors (Lipinski definition) is 1. The summed E-state index contributed by atoms with van der Waals surface area (Å²) in [5, 5.41) is 3.21. The fraction of sp³-hybridized carbons (Fsp3) is 0.455. The van der Waals surface area contributed by atoms with Crippen LogP contribution in [0.25, 0.3) is 0 Å². The first-order valence-electron chi connectivity index (χ1n) is 5.01. The second-order valence-corrected chi connectivity index (χ2v) is 3.68. The van der Waals surface area contributed by atoms with E-state index in [9.17, 15) is 4.79 Å². The summed E-state index contributed by atoms with van der Waals surface area (Å²) in [6.45, 7) is 1.50. The van der Waals surface area contributed by atoms with Gasteiger partial charge in [-0.1, -0.05) is 6.07 Å². The van der Waals surface area contributed by atoms with Crippen LogP contribution < -0.4 is 5.32 Å². The molecular formula is C11H14N2O2. The largest absolute Gasteiger partial charge is 0.469 e. The van der Waals surface area contributed by atoms with E-state index in [-0.39, 0.29) is 17.8 Å². The van der Waals surface area contributed by atoms with Crippen LogP contribution in [0.5, 0.6) is 0 Å². The minimum Gasteiger partial charge on any atom is -0.469 e. The molecule has 2 rings (SSSR count). The number of hydrogen-bond acceptors (Lipinski definition) is 4. The van der Waals surface area contributed by atoms with Gasteiger partial charge < -0.3 is 10.1 Å². The quantitative estimate of drug-likeness (QED) is 0.718. The van der Waals surface area contributed by atoms with Crippen LogP contribution in [0, 0.1) is 5.92 Å². The van der Waals surface area contributed by atoms with E-state index < -0.39 is 0 Å². The summed E-state index contributed by atoms with van der Waals surface area (Å²) in [6.07, 6.45) is 3.55. The summed E-state index contributed by atoms with van der Waals surface area (Å²) >= 11 is 0. The zero-order chi connectivity index (χ0) is 10.7. The monoisotopic (exact) mass is 206 g/mol. The second kappa shape index (κ2) is 4.40. The number of nitrogens with one attached hydrogen (secondary N) is 1. The van der Waals surface area contributed by atoms with Crippen molar-refractivity contribution in [1.82, 2.24) is 10.3 Å². The van der Waals surface area contributed by atoms with Crippen LogP contribution in [-0.4, -0.2) is 31.2 Å². The smallest absolute Gasteiger partial charge is 0.310 e. The molecule has 2 atom stereocenters. The molecule has 1 aliphatic rings. The van der Waals surface area contributed by atoms with Crippen LogP contribution in [0.4, 0.5) is 0 Å². The van der Waals surface area contributed by atoms with Crippen LogP contribution in [0.3, 0.4) is 0 Å². The van der Waals surface area contributed by atoms with Crippen molar-refractivity contribution in [3.05, 3.63) is 30.1 Å². The molecule has 1 saturated heterocycles. The summed E-state index contributed by atoms with van der Waals surface area (Å²) in [6, 6.07) is 3.89. The molecule has 2 heterocycles. The van der Waals surface area contributed by atoms with Crippen LogP contribution >= 0.6 is 0 Å². The van der Waals surface area contributed by atoms with E-state index in [1.165, 1.54) is 7.11 Å². The lowest BCUT2D eigenvalue weighted by Crippen LogP contribution is -2.22. The van der Waals surface area contributed by atoms with Gasteiger partial charge in [0.1, 0.15) is 0 Å². The minimum absolute atomic E-state index is 0.0841. The Morgan fingerprint density at radius 3 is 3.13 bits per heavy atom. The lowest BCUT2D eigenvalue weighted by atomic mass is 9.90. The number of carbonyl (C=O) groups excluding carboxylic acids is 1. The van der Waals surface area contributed by atoms with E-state index in [2.05, 4.69) is 10.3 Å². The topological polar surface area (TPSA) is 51.2 Å². The van der Waals surface area contributed by atoms with Gasteiger partial charge in [0.15, 0.2) is 0 Å². The molecule has 4 nitrogen and oxygen atoms in total. The van der Waals surface area contributed by atoms with Gasteiger partial charge >= 0.3 is 5.97 Å². The average molecular weight is 206 g/mol. The lowest BCUT2D eigenvalue weighted by molar-refractivity contribution is -0.145. The first kappa shape index (κ1) is 10.1. The van der Waals surface area contributed by atoms with Crippen molar-refractivity contribution in [3.8, 4) is 0 Å². The van der Waals surface area contributed by atoms with E-state index in [1.54, 1.807) is 6.20 Å². The molecule has 1 aromatic heterocycles. The molecule has 1 aliphatic heterocycles. The number of nitrogens with zero attached hydrogens (tertiary/aromatic N) is 1. The maximum absolute atomic E-state index is 11.5. The fourth-order valence-electron chi connectivity index (χ4n) is 2.02. The number of esters is 1. The first-order valence-corrected chi connectivity index (χ1v) is 5.01. The standard InChI is InChI=1S/C11H14N2O2/c1-15-11(14)10-7-13-6-9(10)8-3-2-4-12-5-8/h2-5,9-10,13H,6-7H2,1H3/t9-,10+/m1/s1. The predicted octanol–water partition coefficient (Wildman–Crippen LogP) is 0.558. The van der Waals surface area contributed by atoms with Crippen molar-refractivity contribution in [1.29, 1.82) is 0 Å². The molecule has 1 aromatic rings. The second-order valence-electron chi connectivity index (χ2n) is 3.68. The molecular weight excluding hydrogens is 192 g/mol. The highest BCUT2D eigenvalue weighted by Crippen LogP contribution is 2.28. The Morgan fingerprint density at radius 2 is 2.47 bits per heavy atom. The van der Waals surface area contributed by atoms with Crippen LogP contribution in [0.1, 0.15) is 11.5 Å². The van der Waals surface area contributed by atoms with Gasteiger partial charge in [-0.05, 0) is 11.6 Å². The predicted molar refractivity (Wildman–Crippen MR) is 55.4 cm³/mol. The molecule has 15 heavy (non-hydrogen) atoms. The van der Waals surface area contributed by atoms with Gasteiger partial charge in [0.25, 0.3) is 0 Å². The van der Waals surface area contributed by atoms with Crippen molar-refractivity contribution in [2.45, 2.75) is 5.92 Å². The van der Waals surface area contributed by atoms with Crippen molar-refractivity contribution >= 4 is 5.97 Å². The molecule has 4 heteroatoms. The maximum Gasteiger partial charge on any atom is 0.310 e. The third-order valence-corrected chi connectivity index (χ3v) is 2.83. The first-order chi connectivity index (χ1) is 7.33. The van der Waals surface area contributed by atoms with Gasteiger partial charge in [0.2, 0.25) is 0 Å². The van der Waals surface area contributed by atoms with Crippen molar-refractivity contribution in [2.24, 2.45) is 5.92 Å². The molecule has 0 aliphatic carbocycles. The van der Waals surface area contributed by atoms with Gasteiger partial charge in [0.05, 0.1) is 13.0 Å². The molecule has 0 saturated carbocycles. The highest BCUT2D eigenvalue weighted by Gasteiger charge is 2.34. The Morgan fingerprint density at radius 1 is 1.60 bits per heavy atom. The van der Waals surface area contributed by atoms with E-state index in [1.807, 2.05) is 18.3 Å². The highest BCUT2D eigenvalue weighted by molar-refractivity contribution is 5.74. The van der Waals surface area contributed by atoms with Gasteiger partial charge in [-0.15, -0.1) is 0 Å². The van der Waals surface area contributed by atoms with Crippen molar-refractivity contribution in [3.63, 3.8) is 0 Å². The highest BCUT2D eigenvalue weighted by atomic mass is 16.5. The Kier molecular flexibility index (Phi) is 2.97. The number of rotatable bonds is 2. The fourth-order valence-corrected chi connectivity index (χ4v) is 2.02. The Hall–Kier alpha value is -1.42. The molecule has 0 aromatic carbocycles. The SMILES string of the molecule is COC(=O)[C@H]1CNC[C@@H]1c1cccnc1. The molecule has 1 N–H and O–H groups in total. The van der Waals surface area contributed by atoms with E-state index in [4.69, 9.17) is 4.74 Å². The van der Waals surface area contributed by atoms with E-state index in [0.717, 1.165) is 12.1 Å². The molecule has 1 fully saturated rings. The third-order valence-electron chi connectivity index (χ3n) is 2.83. The van der Waals surface area contributed by atoms with Gasteiger partial charge in [0, 0.05) is 31.4 Å².